The van der Waals surface area contributed by atoms with E-state index in [1.165, 1.54) is 12.3 Å². The number of rotatable bonds is 3. The second-order valence-corrected chi connectivity index (χ2v) is 6.49. The minimum atomic E-state index is -3.66. The molecule has 9 heteroatoms. The molecule has 0 spiro atoms. The zero-order valence-electron chi connectivity index (χ0n) is 10.5. The topological polar surface area (TPSA) is 91.6 Å². The van der Waals surface area contributed by atoms with E-state index in [2.05, 4.69) is 14.7 Å². The number of hydrazine groups is 1. The predicted octanol–water partition coefficient (Wildman–Crippen LogP) is -0.242. The number of nitrogens with two attached hydrogens (primary N) is 1. The van der Waals surface area contributed by atoms with Gasteiger partial charge in [0.1, 0.15) is 10.7 Å². The smallest absolute Gasteiger partial charge is 0.255 e. The van der Waals surface area contributed by atoms with Gasteiger partial charge >= 0.3 is 0 Å². The van der Waals surface area contributed by atoms with Crippen molar-refractivity contribution in [3.63, 3.8) is 0 Å². The molecule has 1 aliphatic rings. The standard InChI is InChI=1S/C10H16ClN5O2S/c1-15-2-4-16(5-3-15)14-19(17,18)8-6-9(11)10(12)13-7-8/h6-7,14H,2-5H2,1H3,(H2,12,13). The molecule has 0 unspecified atom stereocenters. The Morgan fingerprint density at radius 3 is 2.58 bits per heavy atom. The number of sulfonamides is 1. The third kappa shape index (κ3) is 3.54. The van der Waals surface area contributed by atoms with Crippen LogP contribution in [0.3, 0.4) is 0 Å². The van der Waals surface area contributed by atoms with E-state index in [0.717, 1.165) is 13.1 Å². The van der Waals surface area contributed by atoms with E-state index in [-0.39, 0.29) is 15.7 Å². The Bertz CT molecular complexity index is 557. The number of piperazine rings is 1. The maximum Gasteiger partial charge on any atom is 0.255 e. The first-order valence-corrected chi connectivity index (χ1v) is 7.61. The van der Waals surface area contributed by atoms with Crippen LogP contribution in [0.25, 0.3) is 0 Å². The van der Waals surface area contributed by atoms with Gasteiger partial charge in [0.05, 0.1) is 5.02 Å². The number of anilines is 1. The van der Waals surface area contributed by atoms with Gasteiger partial charge < -0.3 is 10.6 Å². The van der Waals surface area contributed by atoms with Gasteiger partial charge in [-0.25, -0.2) is 18.4 Å². The predicted molar refractivity (Wildman–Crippen MR) is 73.1 cm³/mol. The Kier molecular flexibility index (Phi) is 4.26. The largest absolute Gasteiger partial charge is 0.382 e. The number of hydrogen-bond acceptors (Lipinski definition) is 6. The average Bonchev–Trinajstić information content (AvgIpc) is 2.35. The molecular weight excluding hydrogens is 290 g/mol. The molecule has 0 bridgehead atoms. The van der Waals surface area contributed by atoms with Crippen LogP contribution < -0.4 is 10.6 Å². The average molecular weight is 306 g/mol. The molecule has 3 N–H and O–H groups in total. The third-order valence-corrected chi connectivity index (χ3v) is 4.55. The second-order valence-electron chi connectivity index (χ2n) is 4.42. The second kappa shape index (κ2) is 5.59. The van der Waals surface area contributed by atoms with Crippen LogP contribution >= 0.6 is 11.6 Å². The summed E-state index contributed by atoms with van der Waals surface area (Å²) in [5, 5.41) is 1.79. The fourth-order valence-corrected chi connectivity index (χ4v) is 3.02. The van der Waals surface area contributed by atoms with E-state index < -0.39 is 10.0 Å². The van der Waals surface area contributed by atoms with Gasteiger partial charge in [0.15, 0.2) is 0 Å². The van der Waals surface area contributed by atoms with E-state index >= 15 is 0 Å². The van der Waals surface area contributed by atoms with Gasteiger partial charge in [-0.15, -0.1) is 4.83 Å². The number of hydrogen-bond donors (Lipinski definition) is 2. The SMILES string of the molecule is CN1CCN(NS(=O)(=O)c2cnc(N)c(Cl)c2)CC1. The first-order valence-electron chi connectivity index (χ1n) is 5.75. The number of likely N-dealkylation sites (N-methyl/N-ethyl adjacent to an activating group) is 1. The Morgan fingerprint density at radius 1 is 1.37 bits per heavy atom. The van der Waals surface area contributed by atoms with Crippen molar-refractivity contribution in [1.29, 1.82) is 0 Å². The molecule has 7 nitrogen and oxygen atoms in total. The number of nitrogen functional groups attached to an aromatic ring is 1. The molecule has 1 aliphatic heterocycles. The zero-order chi connectivity index (χ0) is 14.0. The van der Waals surface area contributed by atoms with E-state index in [4.69, 9.17) is 17.3 Å². The van der Waals surface area contributed by atoms with Crippen molar-refractivity contribution in [3.8, 4) is 0 Å². The quantitative estimate of drug-likeness (QED) is 0.801. The van der Waals surface area contributed by atoms with Crippen molar-refractivity contribution in [2.24, 2.45) is 0 Å². The Hall–Kier alpha value is -0.930. The number of nitrogens with one attached hydrogen (secondary N) is 1. The van der Waals surface area contributed by atoms with Crippen molar-refractivity contribution in [2.45, 2.75) is 4.90 Å². The first kappa shape index (κ1) is 14.5. The third-order valence-electron chi connectivity index (χ3n) is 2.91. The lowest BCUT2D eigenvalue weighted by atomic mass is 10.4. The van der Waals surface area contributed by atoms with Gasteiger partial charge in [-0.2, -0.15) is 0 Å². The van der Waals surface area contributed by atoms with Crippen LogP contribution in [0.4, 0.5) is 5.82 Å². The number of aromatic nitrogens is 1. The van der Waals surface area contributed by atoms with Crippen LogP contribution in [-0.2, 0) is 10.0 Å². The molecule has 2 heterocycles. The minimum Gasteiger partial charge on any atom is -0.382 e. The van der Waals surface area contributed by atoms with Crippen LogP contribution in [0, 0.1) is 0 Å². The molecule has 0 radical (unpaired) electrons. The summed E-state index contributed by atoms with van der Waals surface area (Å²) in [5.74, 6) is 0.111. The van der Waals surface area contributed by atoms with Crippen molar-refractivity contribution in [2.75, 3.05) is 39.0 Å². The molecule has 0 aliphatic carbocycles. The van der Waals surface area contributed by atoms with Gasteiger partial charge in [-0.05, 0) is 13.1 Å². The minimum absolute atomic E-state index is 0.00521. The summed E-state index contributed by atoms with van der Waals surface area (Å²) in [7, 11) is -1.67. The summed E-state index contributed by atoms with van der Waals surface area (Å²) in [4.78, 5) is 8.40. The molecule has 0 aromatic carbocycles. The number of nitrogens with zero attached hydrogens (tertiary/aromatic N) is 3. The van der Waals surface area contributed by atoms with Gasteiger partial charge in [-0.1, -0.05) is 11.6 Å². The van der Waals surface area contributed by atoms with Crippen LogP contribution in [0.1, 0.15) is 0 Å². The van der Waals surface area contributed by atoms with Crippen molar-refractivity contribution >= 4 is 27.4 Å². The molecule has 0 amide bonds. The van der Waals surface area contributed by atoms with Gasteiger partial charge in [0, 0.05) is 32.4 Å². The summed E-state index contributed by atoms with van der Waals surface area (Å²) in [6, 6.07) is 1.29. The maximum atomic E-state index is 12.1. The lowest BCUT2D eigenvalue weighted by Gasteiger charge is -2.32. The Balaban J connectivity index is 2.11. The summed E-state index contributed by atoms with van der Waals surface area (Å²) < 4.78 is 24.3. The highest BCUT2D eigenvalue weighted by Gasteiger charge is 2.22. The summed E-state index contributed by atoms with van der Waals surface area (Å²) >= 11 is 5.78. The van der Waals surface area contributed by atoms with Gasteiger partial charge in [-0.3, -0.25) is 0 Å². The highest BCUT2D eigenvalue weighted by Crippen LogP contribution is 2.19. The molecule has 1 saturated heterocycles. The fourth-order valence-electron chi connectivity index (χ4n) is 1.70. The molecule has 0 saturated carbocycles. The van der Waals surface area contributed by atoms with Gasteiger partial charge in [0.2, 0.25) is 0 Å². The molecule has 1 fully saturated rings. The zero-order valence-corrected chi connectivity index (χ0v) is 12.1. The molecule has 1 aromatic heterocycles. The fraction of sp³-hybridized carbons (Fsp3) is 0.500. The Morgan fingerprint density at radius 2 is 2.00 bits per heavy atom. The van der Waals surface area contributed by atoms with Crippen molar-refractivity contribution in [1.82, 2.24) is 19.7 Å². The van der Waals surface area contributed by atoms with E-state index in [1.54, 1.807) is 5.01 Å². The van der Waals surface area contributed by atoms with E-state index in [0.29, 0.717) is 13.1 Å². The highest BCUT2D eigenvalue weighted by molar-refractivity contribution is 7.89. The van der Waals surface area contributed by atoms with Crippen molar-refractivity contribution in [3.05, 3.63) is 17.3 Å². The van der Waals surface area contributed by atoms with Crippen molar-refractivity contribution < 1.29 is 8.42 Å². The molecule has 1 aromatic rings. The molecule has 106 valence electrons. The van der Waals surface area contributed by atoms with Crippen LogP contribution in [0.2, 0.25) is 5.02 Å². The lowest BCUT2D eigenvalue weighted by molar-refractivity contribution is 0.135. The first-order chi connectivity index (χ1) is 8.88. The number of halogens is 1. The van der Waals surface area contributed by atoms with Gasteiger partial charge in [0.25, 0.3) is 10.0 Å². The van der Waals surface area contributed by atoms with Crippen LogP contribution in [0.15, 0.2) is 17.2 Å². The maximum absolute atomic E-state index is 12.1. The van der Waals surface area contributed by atoms with E-state index in [1.807, 2.05) is 7.05 Å². The Labute approximate surface area is 117 Å². The molecular formula is C10H16ClN5O2S. The lowest BCUT2D eigenvalue weighted by Crippen LogP contribution is -2.52. The molecule has 19 heavy (non-hydrogen) atoms. The highest BCUT2D eigenvalue weighted by atomic mass is 35.5. The normalized spacial score (nSPS) is 18.6. The monoisotopic (exact) mass is 305 g/mol. The van der Waals surface area contributed by atoms with Crippen LogP contribution in [0.5, 0.6) is 0 Å². The van der Waals surface area contributed by atoms with E-state index in [9.17, 15) is 8.42 Å². The van der Waals surface area contributed by atoms with Crippen LogP contribution in [-0.4, -0.2) is 56.5 Å². The summed E-state index contributed by atoms with van der Waals surface area (Å²) in [6.45, 7) is 2.88. The molecule has 0 atom stereocenters. The summed E-state index contributed by atoms with van der Waals surface area (Å²) in [6.07, 6.45) is 1.19. The summed E-state index contributed by atoms with van der Waals surface area (Å²) in [5.41, 5.74) is 5.46. The molecule has 2 rings (SSSR count). The number of pyridine rings is 1.